The van der Waals surface area contributed by atoms with Crippen LogP contribution in [0, 0.1) is 0 Å². The molecule has 0 spiro atoms. The molecule has 31 heavy (non-hydrogen) atoms. The molecule has 0 heterocycles. The number of halogens is 3. The Balaban J connectivity index is 2.20. The lowest BCUT2D eigenvalue weighted by Gasteiger charge is -2.29. The summed E-state index contributed by atoms with van der Waals surface area (Å²) < 4.78 is 6.53. The molecule has 0 radical (unpaired) electrons. The summed E-state index contributed by atoms with van der Waals surface area (Å²) in [5, 5.41) is 3.67. The summed E-state index contributed by atoms with van der Waals surface area (Å²) in [4.78, 5) is 27.2. The van der Waals surface area contributed by atoms with Crippen LogP contribution in [0.25, 0.3) is 0 Å². The fourth-order valence-electron chi connectivity index (χ4n) is 2.93. The van der Waals surface area contributed by atoms with E-state index in [4.69, 9.17) is 27.9 Å². The number of amides is 2. The fourth-order valence-corrected chi connectivity index (χ4v) is 3.79. The molecule has 168 valence electrons. The molecule has 2 amide bonds. The topological polar surface area (TPSA) is 58.6 Å². The molecule has 0 aliphatic heterocycles. The van der Waals surface area contributed by atoms with Crippen LogP contribution in [-0.2, 0) is 22.6 Å². The van der Waals surface area contributed by atoms with Crippen molar-refractivity contribution in [3.05, 3.63) is 62.0 Å². The van der Waals surface area contributed by atoms with E-state index in [2.05, 4.69) is 28.2 Å². The summed E-state index contributed by atoms with van der Waals surface area (Å²) in [5.41, 5.74) is 1.92. The minimum absolute atomic E-state index is 0.0406. The summed E-state index contributed by atoms with van der Waals surface area (Å²) in [6.07, 6.45) is 0.901. The highest BCUT2D eigenvalue weighted by Gasteiger charge is 2.27. The first kappa shape index (κ1) is 25.5. The lowest BCUT2D eigenvalue weighted by atomic mass is 10.1. The summed E-state index contributed by atoms with van der Waals surface area (Å²) in [6, 6.07) is 10.2. The largest absolute Gasteiger partial charge is 0.483 e. The van der Waals surface area contributed by atoms with Crippen LogP contribution < -0.4 is 10.1 Å². The van der Waals surface area contributed by atoms with Crippen LogP contribution in [0.4, 0.5) is 0 Å². The number of ether oxygens (including phenoxy) is 1. The highest BCUT2D eigenvalue weighted by atomic mass is 79.9. The quantitative estimate of drug-likeness (QED) is 0.457. The third-order valence-electron chi connectivity index (χ3n) is 4.69. The van der Waals surface area contributed by atoms with Crippen molar-refractivity contribution in [3.63, 3.8) is 0 Å². The smallest absolute Gasteiger partial charge is 0.261 e. The first-order valence-corrected chi connectivity index (χ1v) is 11.6. The lowest BCUT2D eigenvalue weighted by Crippen LogP contribution is -2.50. The van der Waals surface area contributed by atoms with Crippen molar-refractivity contribution in [1.82, 2.24) is 10.2 Å². The van der Waals surface area contributed by atoms with Gasteiger partial charge in [-0.05, 0) is 78.5 Å². The standard InChI is InChI=1S/C23H27BrCl2N2O3/c1-5-16-7-9-21(18(24)10-16)31-13-22(29)28(15(4)23(30)27-14(2)3)12-17-6-8-19(25)20(26)11-17/h6-11,14-15H,5,12-13H2,1-4H3,(H,27,30). The first-order chi connectivity index (χ1) is 14.6. The molecule has 2 rings (SSSR count). The number of benzene rings is 2. The highest BCUT2D eigenvalue weighted by Crippen LogP contribution is 2.27. The minimum Gasteiger partial charge on any atom is -0.483 e. The van der Waals surface area contributed by atoms with Gasteiger partial charge in [0.2, 0.25) is 5.91 Å². The van der Waals surface area contributed by atoms with Crippen LogP contribution in [0.2, 0.25) is 10.0 Å². The van der Waals surface area contributed by atoms with E-state index in [1.807, 2.05) is 32.0 Å². The number of hydrogen-bond donors (Lipinski definition) is 1. The van der Waals surface area contributed by atoms with Crippen molar-refractivity contribution in [2.45, 2.75) is 52.7 Å². The zero-order valence-corrected chi connectivity index (χ0v) is 21.1. The van der Waals surface area contributed by atoms with Crippen molar-refractivity contribution in [1.29, 1.82) is 0 Å². The van der Waals surface area contributed by atoms with Gasteiger partial charge in [0.05, 0.1) is 14.5 Å². The van der Waals surface area contributed by atoms with E-state index in [0.29, 0.717) is 15.8 Å². The maximum absolute atomic E-state index is 13.1. The molecular formula is C23H27BrCl2N2O3. The molecule has 0 saturated carbocycles. The second-order valence-corrected chi connectivity index (χ2v) is 9.19. The number of nitrogens with zero attached hydrogens (tertiary/aromatic N) is 1. The van der Waals surface area contributed by atoms with Gasteiger partial charge in [0.25, 0.3) is 5.91 Å². The van der Waals surface area contributed by atoms with Crippen LogP contribution in [0.5, 0.6) is 5.75 Å². The van der Waals surface area contributed by atoms with E-state index in [1.54, 1.807) is 25.1 Å². The molecule has 0 aliphatic carbocycles. The van der Waals surface area contributed by atoms with Crippen LogP contribution in [0.1, 0.15) is 38.8 Å². The second kappa shape index (κ2) is 11.7. The van der Waals surface area contributed by atoms with Crippen molar-refractivity contribution in [2.24, 2.45) is 0 Å². The van der Waals surface area contributed by atoms with Gasteiger partial charge >= 0.3 is 0 Å². The second-order valence-electron chi connectivity index (χ2n) is 7.52. The maximum atomic E-state index is 13.1. The molecule has 0 aliphatic rings. The van der Waals surface area contributed by atoms with Crippen LogP contribution >= 0.6 is 39.1 Å². The maximum Gasteiger partial charge on any atom is 0.261 e. The van der Waals surface area contributed by atoms with Gasteiger partial charge in [-0.2, -0.15) is 0 Å². The molecule has 1 N–H and O–H groups in total. The number of hydrogen-bond acceptors (Lipinski definition) is 3. The third-order valence-corrected chi connectivity index (χ3v) is 6.05. The summed E-state index contributed by atoms with van der Waals surface area (Å²) in [6.45, 7) is 7.49. The molecule has 2 aromatic rings. The average Bonchev–Trinajstić information content (AvgIpc) is 2.72. The summed E-state index contributed by atoms with van der Waals surface area (Å²) >= 11 is 15.6. The minimum atomic E-state index is -0.695. The fraction of sp³-hybridized carbons (Fsp3) is 0.391. The number of rotatable bonds is 9. The van der Waals surface area contributed by atoms with E-state index in [0.717, 1.165) is 22.0 Å². The highest BCUT2D eigenvalue weighted by molar-refractivity contribution is 9.10. The number of carbonyl (C=O) groups is 2. The van der Waals surface area contributed by atoms with E-state index < -0.39 is 6.04 Å². The van der Waals surface area contributed by atoms with Gasteiger partial charge in [-0.25, -0.2) is 0 Å². The number of carbonyl (C=O) groups excluding carboxylic acids is 2. The zero-order valence-electron chi connectivity index (χ0n) is 18.0. The van der Waals surface area contributed by atoms with Crippen LogP contribution in [0.3, 0.4) is 0 Å². The first-order valence-electron chi connectivity index (χ1n) is 10.1. The Morgan fingerprint density at radius 2 is 1.74 bits per heavy atom. The summed E-state index contributed by atoms with van der Waals surface area (Å²) in [5.74, 6) is 0.0140. The summed E-state index contributed by atoms with van der Waals surface area (Å²) in [7, 11) is 0. The molecule has 8 heteroatoms. The van der Waals surface area contributed by atoms with Gasteiger partial charge in [0.1, 0.15) is 11.8 Å². The van der Waals surface area contributed by atoms with E-state index in [9.17, 15) is 9.59 Å². The normalized spacial score (nSPS) is 11.9. The average molecular weight is 530 g/mol. The van der Waals surface area contributed by atoms with Crippen molar-refractivity contribution in [3.8, 4) is 5.75 Å². The Labute approximate surface area is 202 Å². The van der Waals surface area contributed by atoms with E-state index in [-0.39, 0.29) is 31.0 Å². The van der Waals surface area contributed by atoms with Gasteiger partial charge in [-0.3, -0.25) is 9.59 Å². The number of aryl methyl sites for hydroxylation is 1. The van der Waals surface area contributed by atoms with Gasteiger partial charge in [0, 0.05) is 12.6 Å². The molecule has 2 aromatic carbocycles. The SMILES string of the molecule is CCc1ccc(OCC(=O)N(Cc2ccc(Cl)c(Cl)c2)C(C)C(=O)NC(C)C)c(Br)c1. The molecule has 5 nitrogen and oxygen atoms in total. The van der Waals surface area contributed by atoms with E-state index in [1.165, 1.54) is 4.90 Å². The van der Waals surface area contributed by atoms with Gasteiger partial charge in [0.15, 0.2) is 6.61 Å². The Morgan fingerprint density at radius 3 is 2.32 bits per heavy atom. The van der Waals surface area contributed by atoms with Crippen LogP contribution in [-0.4, -0.2) is 35.4 Å². The monoisotopic (exact) mass is 528 g/mol. The molecule has 1 atom stereocenters. The third kappa shape index (κ3) is 7.41. The van der Waals surface area contributed by atoms with Gasteiger partial charge < -0.3 is 15.0 Å². The zero-order chi connectivity index (χ0) is 23.1. The molecule has 0 fully saturated rings. The van der Waals surface area contributed by atoms with Gasteiger partial charge in [-0.1, -0.05) is 42.3 Å². The van der Waals surface area contributed by atoms with Crippen LogP contribution in [0.15, 0.2) is 40.9 Å². The Hall–Kier alpha value is -1.76. The molecule has 0 bridgehead atoms. The number of nitrogens with one attached hydrogen (secondary N) is 1. The van der Waals surface area contributed by atoms with Crippen molar-refractivity contribution >= 4 is 50.9 Å². The Bertz CT molecular complexity index is 937. The lowest BCUT2D eigenvalue weighted by molar-refractivity contribution is -0.142. The predicted molar refractivity (Wildman–Crippen MR) is 129 cm³/mol. The molecular weight excluding hydrogens is 503 g/mol. The van der Waals surface area contributed by atoms with Crippen molar-refractivity contribution in [2.75, 3.05) is 6.61 Å². The Morgan fingerprint density at radius 1 is 1.06 bits per heavy atom. The van der Waals surface area contributed by atoms with Crippen molar-refractivity contribution < 1.29 is 14.3 Å². The predicted octanol–water partition coefficient (Wildman–Crippen LogP) is 5.64. The van der Waals surface area contributed by atoms with E-state index >= 15 is 0 Å². The molecule has 0 aromatic heterocycles. The molecule has 1 unspecified atom stereocenters. The molecule has 0 saturated heterocycles. The van der Waals surface area contributed by atoms with Gasteiger partial charge in [-0.15, -0.1) is 0 Å². The Kier molecular flexibility index (Phi) is 9.66.